The fourth-order valence-corrected chi connectivity index (χ4v) is 0.841. The van der Waals surface area contributed by atoms with Crippen molar-refractivity contribution in [2.24, 2.45) is 0 Å². The normalized spacial score (nSPS) is 9.70. The summed E-state index contributed by atoms with van der Waals surface area (Å²) in [6.07, 6.45) is 1.67. The molecular weight excluding hydrogens is 270 g/mol. The first-order valence-electron chi connectivity index (χ1n) is 5.40. The number of rotatable bonds is 7. The molecule has 8 heteroatoms. The van der Waals surface area contributed by atoms with Gasteiger partial charge in [-0.15, -0.1) is 0 Å². The third kappa shape index (κ3) is 9.40. The molecule has 0 aliphatic rings. The van der Waals surface area contributed by atoms with E-state index in [0.717, 1.165) is 19.3 Å². The maximum atomic E-state index is 11.2. The Kier molecular flexibility index (Phi) is 8.08. The molecule has 0 radical (unpaired) electrons. The summed E-state index contributed by atoms with van der Waals surface area (Å²) in [5.41, 5.74) is 0. The molecule has 0 spiro atoms. The molecule has 1 N–H and O–H groups in total. The first-order valence-corrected chi connectivity index (χ1v) is 5.40. The van der Waals surface area contributed by atoms with Crippen molar-refractivity contribution in [1.29, 1.82) is 0 Å². The second-order valence-electron chi connectivity index (χ2n) is 3.42. The molecule has 0 atom stereocenters. The van der Waals surface area contributed by atoms with Gasteiger partial charge in [-0.25, -0.2) is 14.4 Å². The van der Waals surface area contributed by atoms with E-state index in [1.54, 1.807) is 0 Å². The summed E-state index contributed by atoms with van der Waals surface area (Å²) in [5, 5.41) is 2.17. The summed E-state index contributed by atoms with van der Waals surface area (Å²) in [4.78, 5) is 44.0. The highest BCUT2D eigenvalue weighted by Crippen LogP contribution is 1.90. The average molecular weight is 285 g/mol. The molecule has 0 aliphatic heterocycles. The quantitative estimate of drug-likeness (QED) is 0.289. The summed E-state index contributed by atoms with van der Waals surface area (Å²) in [7, 11) is 1.15. The third-order valence-electron chi connectivity index (χ3n) is 1.62. The van der Waals surface area contributed by atoms with E-state index in [1.807, 2.05) is 0 Å². The van der Waals surface area contributed by atoms with Gasteiger partial charge in [-0.2, -0.15) is 0 Å². The van der Waals surface area contributed by atoms with Gasteiger partial charge in [0.05, 0.1) is 12.9 Å². The van der Waals surface area contributed by atoms with Crippen LogP contribution in [0.3, 0.4) is 0 Å². The Morgan fingerprint density at radius 3 is 2.30 bits per heavy atom. The highest BCUT2D eigenvalue weighted by Gasteiger charge is 2.09. The number of ether oxygens (including phenoxy) is 3. The molecule has 0 aromatic rings. The Morgan fingerprint density at radius 2 is 1.75 bits per heavy atom. The van der Waals surface area contributed by atoms with E-state index in [2.05, 4.69) is 26.1 Å². The molecule has 110 valence electrons. The second kappa shape index (κ2) is 9.31. The first kappa shape index (κ1) is 17.4. The Morgan fingerprint density at radius 1 is 1.15 bits per heavy atom. The maximum Gasteiger partial charge on any atom is 0.331 e. The number of nitrogens with one attached hydrogen (secondary N) is 1. The Labute approximate surface area is 115 Å². The third-order valence-corrected chi connectivity index (χ3v) is 1.62. The van der Waals surface area contributed by atoms with Crippen LogP contribution in [0.15, 0.2) is 24.5 Å². The van der Waals surface area contributed by atoms with Gasteiger partial charge >= 0.3 is 17.9 Å². The zero-order valence-corrected chi connectivity index (χ0v) is 11.1. The van der Waals surface area contributed by atoms with Crippen LogP contribution in [0.4, 0.5) is 0 Å². The lowest BCUT2D eigenvalue weighted by Gasteiger charge is -2.05. The molecule has 20 heavy (non-hydrogen) atoms. The van der Waals surface area contributed by atoms with Crippen molar-refractivity contribution in [3.8, 4) is 0 Å². The smallest absolute Gasteiger partial charge is 0.331 e. The number of methoxy groups -OCH3 is 1. The molecule has 1 amide bonds. The lowest BCUT2D eigenvalue weighted by Crippen LogP contribution is -2.33. The number of esters is 3. The lowest BCUT2D eigenvalue weighted by molar-refractivity contribution is -0.145. The Hall–Kier alpha value is -2.64. The standard InChI is InChI=1S/C12H15NO7/c1-8(2)20-12(17)6-13-9(14)7-19-11(16)5-4-10(15)18-3/h4-5H,1,6-7H2,2-3H3,(H,13,14)/b5-4+. The van der Waals surface area contributed by atoms with Crippen LogP contribution < -0.4 is 5.32 Å². The van der Waals surface area contributed by atoms with E-state index in [-0.39, 0.29) is 12.3 Å². The van der Waals surface area contributed by atoms with Gasteiger partial charge < -0.3 is 19.5 Å². The number of carbonyl (C=O) groups excluding carboxylic acids is 4. The van der Waals surface area contributed by atoms with Crippen molar-refractivity contribution >= 4 is 23.8 Å². The fourth-order valence-electron chi connectivity index (χ4n) is 0.841. The van der Waals surface area contributed by atoms with Gasteiger partial charge in [0, 0.05) is 12.2 Å². The highest BCUT2D eigenvalue weighted by atomic mass is 16.5. The summed E-state index contributed by atoms with van der Waals surface area (Å²) >= 11 is 0. The molecule has 0 fully saturated rings. The van der Waals surface area contributed by atoms with Gasteiger partial charge in [0.25, 0.3) is 5.91 Å². The molecule has 8 nitrogen and oxygen atoms in total. The summed E-state index contributed by atoms with van der Waals surface area (Å²) in [5.74, 6) is -2.81. The van der Waals surface area contributed by atoms with Crippen LogP contribution in [0.25, 0.3) is 0 Å². The second-order valence-corrected chi connectivity index (χ2v) is 3.42. The molecule has 0 heterocycles. The maximum absolute atomic E-state index is 11.2. The lowest BCUT2D eigenvalue weighted by atomic mass is 10.5. The number of allylic oxidation sites excluding steroid dienone is 1. The van der Waals surface area contributed by atoms with Crippen molar-refractivity contribution in [3.63, 3.8) is 0 Å². The van der Waals surface area contributed by atoms with Crippen molar-refractivity contribution < 1.29 is 33.4 Å². The van der Waals surface area contributed by atoms with E-state index >= 15 is 0 Å². The minimum Gasteiger partial charge on any atom is -0.466 e. The van der Waals surface area contributed by atoms with Gasteiger partial charge in [-0.3, -0.25) is 4.79 Å². The predicted molar refractivity (Wildman–Crippen MR) is 66.0 cm³/mol. The molecule has 0 aromatic heterocycles. The van der Waals surface area contributed by atoms with E-state index in [0.29, 0.717) is 0 Å². The minimum atomic E-state index is -0.893. The zero-order valence-electron chi connectivity index (χ0n) is 11.1. The van der Waals surface area contributed by atoms with Crippen LogP contribution in [0.2, 0.25) is 0 Å². The predicted octanol–water partition coefficient (Wildman–Crippen LogP) is -0.548. The van der Waals surface area contributed by atoms with E-state index in [9.17, 15) is 19.2 Å². The van der Waals surface area contributed by atoms with Crippen molar-refractivity contribution in [3.05, 3.63) is 24.5 Å². The van der Waals surface area contributed by atoms with Gasteiger partial charge in [0.15, 0.2) is 6.61 Å². The molecule has 0 unspecified atom stereocenters. The van der Waals surface area contributed by atoms with Crippen molar-refractivity contribution in [1.82, 2.24) is 5.32 Å². The Balaban J connectivity index is 3.91. The molecule has 0 rings (SSSR count). The number of hydrogen-bond donors (Lipinski definition) is 1. The van der Waals surface area contributed by atoms with Crippen molar-refractivity contribution in [2.75, 3.05) is 20.3 Å². The van der Waals surface area contributed by atoms with Gasteiger partial charge in [-0.05, 0) is 6.92 Å². The van der Waals surface area contributed by atoms with Crippen LogP contribution in [-0.2, 0) is 33.4 Å². The molecule has 0 saturated carbocycles. The monoisotopic (exact) mass is 285 g/mol. The van der Waals surface area contributed by atoms with Crippen LogP contribution in [0.1, 0.15) is 6.92 Å². The zero-order chi connectivity index (χ0) is 15.5. The molecular formula is C12H15NO7. The molecule has 0 aromatic carbocycles. The van der Waals surface area contributed by atoms with Crippen LogP contribution in [0.5, 0.6) is 0 Å². The first-order chi connectivity index (χ1) is 9.35. The minimum absolute atomic E-state index is 0.198. The molecule has 0 aliphatic carbocycles. The average Bonchev–Trinajstić information content (AvgIpc) is 2.39. The van der Waals surface area contributed by atoms with Crippen LogP contribution in [0, 0.1) is 0 Å². The SMILES string of the molecule is C=C(C)OC(=O)CNC(=O)COC(=O)/C=C/C(=O)OC. The number of amides is 1. The van der Waals surface area contributed by atoms with Gasteiger partial charge in [0.2, 0.25) is 0 Å². The van der Waals surface area contributed by atoms with Gasteiger partial charge in [-0.1, -0.05) is 6.58 Å². The highest BCUT2D eigenvalue weighted by molar-refractivity contribution is 5.92. The summed E-state index contributed by atoms with van der Waals surface area (Å²) in [6, 6.07) is 0. The van der Waals surface area contributed by atoms with Crippen molar-refractivity contribution in [2.45, 2.75) is 6.92 Å². The molecule has 0 saturated heterocycles. The van der Waals surface area contributed by atoms with E-state index in [1.165, 1.54) is 6.92 Å². The number of hydrogen-bond acceptors (Lipinski definition) is 7. The van der Waals surface area contributed by atoms with Crippen LogP contribution in [-0.4, -0.2) is 44.1 Å². The molecule has 0 bridgehead atoms. The topological polar surface area (TPSA) is 108 Å². The largest absolute Gasteiger partial charge is 0.466 e. The summed E-state index contributed by atoms with van der Waals surface area (Å²) in [6.45, 7) is 3.87. The van der Waals surface area contributed by atoms with Crippen LogP contribution >= 0.6 is 0 Å². The summed E-state index contributed by atoms with van der Waals surface area (Å²) < 4.78 is 13.3. The van der Waals surface area contributed by atoms with Gasteiger partial charge in [0.1, 0.15) is 6.54 Å². The van der Waals surface area contributed by atoms with E-state index in [4.69, 9.17) is 0 Å². The van der Waals surface area contributed by atoms with E-state index < -0.39 is 30.4 Å². The fraction of sp³-hybridized carbons (Fsp3) is 0.333. The Bertz CT molecular complexity index is 439. The number of carbonyl (C=O) groups is 4.